The summed E-state index contributed by atoms with van der Waals surface area (Å²) < 4.78 is 10.2. The maximum atomic E-state index is 12.5. The molecule has 0 amide bonds. The number of hydrogen-bond acceptors (Lipinski definition) is 6. The fourth-order valence-corrected chi connectivity index (χ4v) is 2.95. The molecule has 2 aliphatic rings. The van der Waals surface area contributed by atoms with Gasteiger partial charge in [0, 0.05) is 11.1 Å². The van der Waals surface area contributed by atoms with Gasteiger partial charge < -0.3 is 25.2 Å². The van der Waals surface area contributed by atoms with Gasteiger partial charge in [-0.15, -0.1) is 0 Å². The Morgan fingerprint density at radius 3 is 2.59 bits per heavy atom. The molecular formula is C15H16O7. The summed E-state index contributed by atoms with van der Waals surface area (Å²) in [6.07, 6.45) is 0. The molecule has 1 aliphatic carbocycles. The molecule has 0 bridgehead atoms. The molecule has 7 nitrogen and oxygen atoms in total. The Morgan fingerprint density at radius 2 is 1.95 bits per heavy atom. The van der Waals surface area contributed by atoms with Crippen molar-refractivity contribution in [3.63, 3.8) is 0 Å². The van der Waals surface area contributed by atoms with E-state index in [-0.39, 0.29) is 34.5 Å². The first-order chi connectivity index (χ1) is 9.88. The van der Waals surface area contributed by atoms with Gasteiger partial charge in [0.05, 0.1) is 6.61 Å². The number of ketones is 1. The van der Waals surface area contributed by atoms with Crippen molar-refractivity contribution in [2.24, 2.45) is 0 Å². The van der Waals surface area contributed by atoms with Crippen LogP contribution in [-0.2, 0) is 20.1 Å². The topological polar surface area (TPSA) is 125 Å². The number of rotatable bonds is 2. The maximum Gasteiger partial charge on any atom is 0.341 e. The van der Waals surface area contributed by atoms with E-state index in [0.29, 0.717) is 0 Å². The van der Waals surface area contributed by atoms with Crippen molar-refractivity contribution in [3.8, 4) is 0 Å². The number of aliphatic hydroxyl groups is 2. The molecule has 0 aromatic heterocycles. The highest BCUT2D eigenvalue weighted by molar-refractivity contribution is 6.15. The summed E-state index contributed by atoms with van der Waals surface area (Å²) in [5.74, 6) is -3.98. The number of fused-ring (bicyclic) bond motifs is 3. The van der Waals surface area contributed by atoms with Gasteiger partial charge in [0.1, 0.15) is 11.3 Å². The summed E-state index contributed by atoms with van der Waals surface area (Å²) >= 11 is 0. The zero-order chi connectivity index (χ0) is 15.4. The van der Waals surface area contributed by atoms with Gasteiger partial charge in [-0.05, 0) is 13.8 Å². The van der Waals surface area contributed by atoms with Crippen molar-refractivity contribution in [2.75, 3.05) is 6.61 Å². The number of ether oxygens (including phenoxy) is 2. The SMILES string of the molecule is CCOC(=O)C1=C(C)O[C@]2(O)c3ccccc3C(=O)[C@]12O.O. The normalized spacial score (nSPS) is 28.6. The first kappa shape index (κ1) is 16.2. The number of Topliss-reactive ketones (excluding diaryl/α,β-unsaturated/α-hetero) is 1. The molecule has 0 saturated heterocycles. The first-order valence-corrected chi connectivity index (χ1v) is 6.54. The van der Waals surface area contributed by atoms with E-state index >= 15 is 0 Å². The van der Waals surface area contributed by atoms with Crippen LogP contribution in [0.3, 0.4) is 0 Å². The number of esters is 1. The average molecular weight is 308 g/mol. The molecule has 3 rings (SSSR count). The fraction of sp³-hybridized carbons (Fsp3) is 0.333. The monoisotopic (exact) mass is 308 g/mol. The number of hydrogen-bond donors (Lipinski definition) is 2. The van der Waals surface area contributed by atoms with Crippen LogP contribution in [0.5, 0.6) is 0 Å². The van der Waals surface area contributed by atoms with Gasteiger partial charge in [-0.1, -0.05) is 24.3 Å². The Balaban J connectivity index is 0.00000176. The van der Waals surface area contributed by atoms with Gasteiger partial charge in [0.15, 0.2) is 0 Å². The Kier molecular flexibility index (Phi) is 3.60. The molecule has 7 heteroatoms. The summed E-state index contributed by atoms with van der Waals surface area (Å²) in [4.78, 5) is 24.6. The largest absolute Gasteiger partial charge is 0.462 e. The predicted octanol–water partition coefficient (Wildman–Crippen LogP) is -0.198. The first-order valence-electron chi connectivity index (χ1n) is 6.54. The molecule has 22 heavy (non-hydrogen) atoms. The molecule has 0 saturated carbocycles. The second kappa shape index (κ2) is 4.91. The third kappa shape index (κ3) is 1.61. The van der Waals surface area contributed by atoms with E-state index in [4.69, 9.17) is 9.47 Å². The molecule has 118 valence electrons. The number of carbonyl (C=O) groups is 2. The molecule has 4 N–H and O–H groups in total. The van der Waals surface area contributed by atoms with Crippen LogP contribution in [0, 0.1) is 0 Å². The van der Waals surface area contributed by atoms with Crippen molar-refractivity contribution >= 4 is 11.8 Å². The van der Waals surface area contributed by atoms with Crippen molar-refractivity contribution < 1.29 is 34.8 Å². The van der Waals surface area contributed by atoms with Crippen LogP contribution in [-0.4, -0.2) is 39.6 Å². The zero-order valence-electron chi connectivity index (χ0n) is 12.0. The minimum Gasteiger partial charge on any atom is -0.462 e. The van der Waals surface area contributed by atoms with Crippen LogP contribution in [0.2, 0.25) is 0 Å². The van der Waals surface area contributed by atoms with E-state index in [0.717, 1.165) is 0 Å². The standard InChI is InChI=1S/C15H14O6.H2O/c1-3-20-13(17)11-8(2)21-15(19)10-7-5-4-6-9(10)12(16)14(11,15)18;/h4-7,18-19H,3H2,1-2H3;1H2/t14-,15-;/m1./s1. The molecule has 1 heterocycles. The summed E-state index contributed by atoms with van der Waals surface area (Å²) in [7, 11) is 0. The van der Waals surface area contributed by atoms with E-state index in [1.165, 1.54) is 19.1 Å². The van der Waals surface area contributed by atoms with E-state index < -0.39 is 23.1 Å². The van der Waals surface area contributed by atoms with Gasteiger partial charge in [0.25, 0.3) is 5.79 Å². The minimum absolute atomic E-state index is 0. The van der Waals surface area contributed by atoms with E-state index in [2.05, 4.69) is 0 Å². The molecule has 0 spiro atoms. The quantitative estimate of drug-likeness (QED) is 0.729. The lowest BCUT2D eigenvalue weighted by Gasteiger charge is -2.30. The highest BCUT2D eigenvalue weighted by Gasteiger charge is 2.72. The smallest absolute Gasteiger partial charge is 0.341 e. The number of allylic oxidation sites excluding steroid dienone is 1. The average Bonchev–Trinajstić information content (AvgIpc) is 2.75. The van der Waals surface area contributed by atoms with Crippen molar-refractivity contribution in [2.45, 2.75) is 25.2 Å². The summed E-state index contributed by atoms with van der Waals surface area (Å²) in [5.41, 5.74) is -2.58. The fourth-order valence-electron chi connectivity index (χ4n) is 2.95. The lowest BCUT2D eigenvalue weighted by Crippen LogP contribution is -2.52. The highest BCUT2D eigenvalue weighted by Crippen LogP contribution is 2.54. The maximum absolute atomic E-state index is 12.5. The molecule has 0 fully saturated rings. The second-order valence-electron chi connectivity index (χ2n) is 4.98. The molecule has 1 aromatic carbocycles. The summed E-state index contributed by atoms with van der Waals surface area (Å²) in [6, 6.07) is 6.15. The predicted molar refractivity (Wildman–Crippen MR) is 73.7 cm³/mol. The highest BCUT2D eigenvalue weighted by atomic mass is 16.7. The van der Waals surface area contributed by atoms with Crippen LogP contribution in [0.25, 0.3) is 0 Å². The third-order valence-electron chi connectivity index (χ3n) is 3.85. The third-order valence-corrected chi connectivity index (χ3v) is 3.85. The van der Waals surface area contributed by atoms with Gasteiger partial charge >= 0.3 is 5.97 Å². The van der Waals surface area contributed by atoms with Crippen molar-refractivity contribution in [1.82, 2.24) is 0 Å². The summed E-state index contributed by atoms with van der Waals surface area (Å²) in [5, 5.41) is 21.6. The minimum atomic E-state index is -2.48. The molecule has 1 aromatic rings. The van der Waals surface area contributed by atoms with Gasteiger partial charge in [0.2, 0.25) is 11.4 Å². The van der Waals surface area contributed by atoms with Crippen LogP contribution in [0.4, 0.5) is 0 Å². The second-order valence-corrected chi connectivity index (χ2v) is 4.98. The van der Waals surface area contributed by atoms with Crippen molar-refractivity contribution in [1.29, 1.82) is 0 Å². The number of benzene rings is 1. The molecule has 0 radical (unpaired) electrons. The Bertz CT molecular complexity index is 693. The lowest BCUT2D eigenvalue weighted by molar-refractivity contribution is -0.236. The Labute approximate surface area is 126 Å². The van der Waals surface area contributed by atoms with E-state index in [9.17, 15) is 19.8 Å². The van der Waals surface area contributed by atoms with Gasteiger partial charge in [-0.2, -0.15) is 0 Å². The van der Waals surface area contributed by atoms with Gasteiger partial charge in [-0.25, -0.2) is 4.79 Å². The van der Waals surface area contributed by atoms with Crippen LogP contribution >= 0.6 is 0 Å². The number of carbonyl (C=O) groups excluding carboxylic acids is 2. The molecule has 0 unspecified atom stereocenters. The Morgan fingerprint density at radius 1 is 1.32 bits per heavy atom. The van der Waals surface area contributed by atoms with E-state index in [1.807, 2.05) is 0 Å². The molecular weight excluding hydrogens is 292 g/mol. The summed E-state index contributed by atoms with van der Waals surface area (Å²) in [6.45, 7) is 3.08. The van der Waals surface area contributed by atoms with E-state index in [1.54, 1.807) is 19.1 Å². The molecule has 1 aliphatic heterocycles. The lowest BCUT2D eigenvalue weighted by atomic mass is 9.86. The molecule has 2 atom stereocenters. The Hall–Kier alpha value is -2.22. The zero-order valence-corrected chi connectivity index (χ0v) is 12.0. The van der Waals surface area contributed by atoms with Gasteiger partial charge in [-0.3, -0.25) is 4.79 Å². The van der Waals surface area contributed by atoms with Crippen LogP contribution in [0.1, 0.15) is 29.8 Å². The van der Waals surface area contributed by atoms with Crippen LogP contribution in [0.15, 0.2) is 35.6 Å². The van der Waals surface area contributed by atoms with Crippen molar-refractivity contribution in [3.05, 3.63) is 46.7 Å². The van der Waals surface area contributed by atoms with Crippen LogP contribution < -0.4 is 0 Å².